The molecule has 3 heteroatoms. The number of rotatable bonds is 0. The van der Waals surface area contributed by atoms with E-state index in [-0.39, 0.29) is 29.1 Å². The summed E-state index contributed by atoms with van der Waals surface area (Å²) in [6.07, 6.45) is 9.69. The molecule has 22 heavy (non-hydrogen) atoms. The Hall–Kier alpha value is -0.640. The van der Waals surface area contributed by atoms with E-state index in [1.807, 2.05) is 6.08 Å². The number of fused-ring (bicyclic) bond motifs is 4. The average molecular weight is 303 g/mol. The second-order valence-corrected chi connectivity index (χ2v) is 8.56. The van der Waals surface area contributed by atoms with Crippen molar-refractivity contribution in [1.29, 1.82) is 0 Å². The Labute approximate surface area is 133 Å². The Balaban J connectivity index is 1.82. The molecule has 2 fully saturated rings. The third-order valence-electron chi connectivity index (χ3n) is 7.54. The first-order valence-electron chi connectivity index (χ1n) is 8.91. The molecule has 2 saturated carbocycles. The molecule has 122 valence electrons. The van der Waals surface area contributed by atoms with Gasteiger partial charge in [0.2, 0.25) is 0 Å². The van der Waals surface area contributed by atoms with E-state index in [2.05, 4.69) is 19.9 Å². The van der Waals surface area contributed by atoms with Crippen molar-refractivity contribution in [3.63, 3.8) is 0 Å². The van der Waals surface area contributed by atoms with Crippen molar-refractivity contribution in [2.75, 3.05) is 0 Å². The van der Waals surface area contributed by atoms with Gasteiger partial charge in [-0.25, -0.2) is 0 Å². The molecule has 1 unspecified atom stereocenters. The maximum absolute atomic E-state index is 10.5. The van der Waals surface area contributed by atoms with Gasteiger partial charge in [0.25, 0.3) is 0 Å². The van der Waals surface area contributed by atoms with Crippen LogP contribution in [0.5, 0.6) is 0 Å². The van der Waals surface area contributed by atoms with Gasteiger partial charge in [-0.1, -0.05) is 31.6 Å². The number of hydrogen-bond acceptors (Lipinski definition) is 3. The van der Waals surface area contributed by atoms with Crippen molar-refractivity contribution in [3.8, 4) is 0 Å². The SMILES string of the molecule is C[C@]12CC[C@H]3C(=C1CC[C@@H]2O)[C@@H](N)CC1C[C@@H](O)C=C[C@@]13C. The predicted molar refractivity (Wildman–Crippen MR) is 87.1 cm³/mol. The van der Waals surface area contributed by atoms with Crippen LogP contribution in [-0.2, 0) is 0 Å². The van der Waals surface area contributed by atoms with Crippen LogP contribution in [0.1, 0.15) is 52.4 Å². The van der Waals surface area contributed by atoms with Gasteiger partial charge in [-0.05, 0) is 61.3 Å². The molecule has 4 N–H and O–H groups in total. The van der Waals surface area contributed by atoms with E-state index >= 15 is 0 Å². The van der Waals surface area contributed by atoms with Crippen LogP contribution in [0.3, 0.4) is 0 Å². The molecule has 0 aromatic carbocycles. The topological polar surface area (TPSA) is 66.5 Å². The van der Waals surface area contributed by atoms with Crippen LogP contribution >= 0.6 is 0 Å². The van der Waals surface area contributed by atoms with Crippen LogP contribution in [-0.4, -0.2) is 28.5 Å². The van der Waals surface area contributed by atoms with Gasteiger partial charge < -0.3 is 15.9 Å². The fourth-order valence-corrected chi connectivity index (χ4v) is 6.08. The van der Waals surface area contributed by atoms with E-state index in [9.17, 15) is 10.2 Å². The van der Waals surface area contributed by atoms with Gasteiger partial charge in [-0.15, -0.1) is 0 Å². The molecule has 4 aliphatic carbocycles. The average Bonchev–Trinajstić information content (AvgIpc) is 2.77. The molecular weight excluding hydrogens is 274 g/mol. The molecule has 4 rings (SSSR count). The highest BCUT2D eigenvalue weighted by molar-refractivity contribution is 5.39. The van der Waals surface area contributed by atoms with E-state index < -0.39 is 0 Å². The highest BCUT2D eigenvalue weighted by Crippen LogP contribution is 2.62. The first-order chi connectivity index (χ1) is 10.4. The van der Waals surface area contributed by atoms with Crippen molar-refractivity contribution in [3.05, 3.63) is 23.3 Å². The summed E-state index contributed by atoms with van der Waals surface area (Å²) in [4.78, 5) is 0. The van der Waals surface area contributed by atoms with Crippen molar-refractivity contribution < 1.29 is 10.2 Å². The van der Waals surface area contributed by atoms with Gasteiger partial charge in [0.05, 0.1) is 12.2 Å². The van der Waals surface area contributed by atoms with E-state index in [0.29, 0.717) is 11.8 Å². The second-order valence-electron chi connectivity index (χ2n) is 8.56. The minimum absolute atomic E-state index is 0.0372. The van der Waals surface area contributed by atoms with Crippen LogP contribution < -0.4 is 5.73 Å². The molecule has 0 spiro atoms. The molecule has 0 amide bonds. The van der Waals surface area contributed by atoms with Gasteiger partial charge in [0.15, 0.2) is 0 Å². The minimum Gasteiger partial charge on any atom is -0.392 e. The highest BCUT2D eigenvalue weighted by atomic mass is 16.3. The first-order valence-corrected chi connectivity index (χ1v) is 8.91. The smallest absolute Gasteiger partial charge is 0.0724 e. The van der Waals surface area contributed by atoms with Gasteiger partial charge in [0.1, 0.15) is 0 Å². The lowest BCUT2D eigenvalue weighted by molar-refractivity contribution is 0.0233. The molecule has 0 bridgehead atoms. The van der Waals surface area contributed by atoms with E-state index in [0.717, 1.165) is 38.5 Å². The van der Waals surface area contributed by atoms with E-state index in [1.165, 1.54) is 11.1 Å². The number of aliphatic hydroxyl groups is 2. The third-order valence-corrected chi connectivity index (χ3v) is 7.54. The third kappa shape index (κ3) is 1.79. The molecule has 4 aliphatic rings. The van der Waals surface area contributed by atoms with Gasteiger partial charge >= 0.3 is 0 Å². The summed E-state index contributed by atoms with van der Waals surface area (Å²) in [7, 11) is 0. The van der Waals surface area contributed by atoms with Gasteiger partial charge in [-0.3, -0.25) is 0 Å². The second kappa shape index (κ2) is 4.68. The molecule has 0 radical (unpaired) electrons. The van der Waals surface area contributed by atoms with E-state index in [4.69, 9.17) is 5.73 Å². The molecule has 0 aromatic heterocycles. The summed E-state index contributed by atoms with van der Waals surface area (Å²) in [5.41, 5.74) is 9.65. The van der Waals surface area contributed by atoms with Crippen molar-refractivity contribution >= 4 is 0 Å². The number of hydrogen-bond donors (Lipinski definition) is 3. The molecule has 0 aromatic rings. The van der Waals surface area contributed by atoms with Gasteiger partial charge in [0, 0.05) is 11.5 Å². The fourth-order valence-electron chi connectivity index (χ4n) is 6.08. The van der Waals surface area contributed by atoms with Crippen LogP contribution in [0.15, 0.2) is 23.3 Å². The predicted octanol–water partition coefficient (Wildman–Crippen LogP) is 2.53. The van der Waals surface area contributed by atoms with Crippen LogP contribution in [0, 0.1) is 22.7 Å². The van der Waals surface area contributed by atoms with Crippen molar-refractivity contribution in [2.45, 2.75) is 70.6 Å². The Morgan fingerprint density at radius 2 is 1.95 bits per heavy atom. The Morgan fingerprint density at radius 1 is 1.18 bits per heavy atom. The fraction of sp³-hybridized carbons (Fsp3) is 0.789. The number of aliphatic hydroxyl groups excluding tert-OH is 2. The lowest BCUT2D eigenvalue weighted by Gasteiger charge is -2.56. The molecule has 3 nitrogen and oxygen atoms in total. The van der Waals surface area contributed by atoms with E-state index in [1.54, 1.807) is 0 Å². The quantitative estimate of drug-likeness (QED) is 0.602. The summed E-state index contributed by atoms with van der Waals surface area (Å²) in [6, 6.07) is 0.113. The van der Waals surface area contributed by atoms with Crippen LogP contribution in [0.2, 0.25) is 0 Å². The normalized spacial score (nSPS) is 54.0. The zero-order chi connectivity index (χ0) is 15.7. The number of allylic oxidation sites excluding steroid dienone is 1. The minimum atomic E-state index is -0.304. The largest absolute Gasteiger partial charge is 0.392 e. The Morgan fingerprint density at radius 3 is 2.73 bits per heavy atom. The first kappa shape index (κ1) is 14.9. The van der Waals surface area contributed by atoms with Crippen LogP contribution in [0.25, 0.3) is 0 Å². The highest BCUT2D eigenvalue weighted by Gasteiger charge is 2.55. The lowest BCUT2D eigenvalue weighted by atomic mass is 9.50. The molecule has 0 saturated heterocycles. The molecule has 0 aliphatic heterocycles. The number of nitrogens with two attached hydrogens (primary N) is 1. The summed E-state index contributed by atoms with van der Waals surface area (Å²) < 4.78 is 0. The zero-order valence-corrected chi connectivity index (χ0v) is 13.8. The lowest BCUT2D eigenvalue weighted by Crippen LogP contribution is -2.52. The maximum Gasteiger partial charge on any atom is 0.0724 e. The zero-order valence-electron chi connectivity index (χ0n) is 13.8. The van der Waals surface area contributed by atoms with Crippen molar-refractivity contribution in [2.24, 2.45) is 28.4 Å². The Bertz CT molecular complexity index is 554. The van der Waals surface area contributed by atoms with Gasteiger partial charge in [-0.2, -0.15) is 0 Å². The summed E-state index contributed by atoms with van der Waals surface area (Å²) >= 11 is 0. The standard InChI is InChI=1S/C19H29NO2/c1-18-7-5-12(21)9-11(18)10-15(20)17-13-3-4-16(22)19(13,2)8-6-14(17)18/h5,7,11-12,14-16,21-22H,3-4,6,8-10,20H2,1-2H3/t11?,12-,14-,15-,16-,18-,19-/m0/s1. The van der Waals surface area contributed by atoms with Crippen molar-refractivity contribution in [1.82, 2.24) is 0 Å². The molecule has 0 heterocycles. The van der Waals surface area contributed by atoms with Crippen LogP contribution in [0.4, 0.5) is 0 Å². The Kier molecular flexibility index (Phi) is 3.18. The molecular formula is C19H29NO2. The monoisotopic (exact) mass is 303 g/mol. The summed E-state index contributed by atoms with van der Waals surface area (Å²) in [5.74, 6) is 0.978. The summed E-state index contributed by atoms with van der Waals surface area (Å²) in [5, 5.41) is 20.5. The summed E-state index contributed by atoms with van der Waals surface area (Å²) in [6.45, 7) is 4.61. The molecule has 7 atom stereocenters. The maximum atomic E-state index is 10.5.